The van der Waals surface area contributed by atoms with Crippen molar-refractivity contribution in [3.63, 3.8) is 0 Å². The molecule has 4 nitrogen and oxygen atoms in total. The number of hydrazone groups is 1. The molecule has 5 heteroatoms. The molecule has 0 saturated carbocycles. The van der Waals surface area contributed by atoms with E-state index in [0.717, 1.165) is 16.1 Å². The molecule has 0 spiro atoms. The van der Waals surface area contributed by atoms with Gasteiger partial charge in [0, 0.05) is 10.6 Å². The van der Waals surface area contributed by atoms with Gasteiger partial charge in [-0.15, -0.1) is 11.3 Å². The molecule has 0 aliphatic rings. The fourth-order valence-electron chi connectivity index (χ4n) is 1.67. The third-order valence-corrected chi connectivity index (χ3v) is 3.51. The van der Waals surface area contributed by atoms with E-state index in [1.54, 1.807) is 24.5 Å². The van der Waals surface area contributed by atoms with Gasteiger partial charge in [0.2, 0.25) is 0 Å². The Morgan fingerprint density at radius 2 is 2.20 bits per heavy atom. The van der Waals surface area contributed by atoms with E-state index in [0.29, 0.717) is 0 Å². The second-order valence-corrected chi connectivity index (χ2v) is 5.46. The molecule has 1 heterocycles. The number of amides is 1. The van der Waals surface area contributed by atoms with Crippen molar-refractivity contribution in [1.29, 1.82) is 0 Å². The molecule has 2 rings (SSSR count). The van der Waals surface area contributed by atoms with E-state index in [1.807, 2.05) is 48.7 Å². The van der Waals surface area contributed by atoms with Gasteiger partial charge >= 0.3 is 0 Å². The van der Waals surface area contributed by atoms with Crippen molar-refractivity contribution in [2.24, 2.45) is 5.10 Å². The molecule has 0 aliphatic heterocycles. The highest BCUT2D eigenvalue weighted by molar-refractivity contribution is 7.11. The van der Waals surface area contributed by atoms with Crippen molar-refractivity contribution >= 4 is 29.1 Å². The zero-order valence-electron chi connectivity index (χ0n) is 11.5. The van der Waals surface area contributed by atoms with E-state index >= 15 is 0 Å². The Bertz CT molecular complexity index is 593. The zero-order chi connectivity index (χ0) is 14.4. The van der Waals surface area contributed by atoms with E-state index in [2.05, 4.69) is 15.8 Å². The van der Waals surface area contributed by atoms with E-state index < -0.39 is 0 Å². The molecule has 0 fully saturated rings. The third kappa shape index (κ3) is 4.20. The first-order chi connectivity index (χ1) is 9.65. The molecule has 20 heavy (non-hydrogen) atoms. The van der Waals surface area contributed by atoms with Gasteiger partial charge in [-0.1, -0.05) is 18.2 Å². The molecule has 0 aliphatic carbocycles. The predicted octanol–water partition coefficient (Wildman–Crippen LogP) is 3.01. The molecular weight excluding hydrogens is 270 g/mol. The van der Waals surface area contributed by atoms with Crippen molar-refractivity contribution in [2.45, 2.75) is 19.9 Å². The van der Waals surface area contributed by atoms with Crippen LogP contribution in [0.25, 0.3) is 0 Å². The molecule has 1 unspecified atom stereocenters. The van der Waals surface area contributed by atoms with Crippen LogP contribution < -0.4 is 10.7 Å². The van der Waals surface area contributed by atoms with Crippen molar-refractivity contribution in [2.75, 3.05) is 5.32 Å². The number of nitrogens with one attached hydrogen (secondary N) is 2. The summed E-state index contributed by atoms with van der Waals surface area (Å²) in [6.07, 6.45) is 1.64. The Balaban J connectivity index is 1.86. The lowest BCUT2D eigenvalue weighted by molar-refractivity contribution is -0.121. The first-order valence-electron chi connectivity index (χ1n) is 6.35. The summed E-state index contributed by atoms with van der Waals surface area (Å²) >= 11 is 1.57. The Hall–Kier alpha value is -2.14. The van der Waals surface area contributed by atoms with Crippen LogP contribution in [0.3, 0.4) is 0 Å². The first kappa shape index (κ1) is 14.3. The predicted molar refractivity (Wildman–Crippen MR) is 84.3 cm³/mol. The summed E-state index contributed by atoms with van der Waals surface area (Å²) in [4.78, 5) is 12.9. The first-order valence-corrected chi connectivity index (χ1v) is 7.23. The number of nitrogens with zero attached hydrogens (tertiary/aromatic N) is 1. The summed E-state index contributed by atoms with van der Waals surface area (Å²) in [6.45, 7) is 3.82. The van der Waals surface area contributed by atoms with E-state index in [4.69, 9.17) is 0 Å². The Labute approximate surface area is 122 Å². The van der Waals surface area contributed by atoms with Gasteiger partial charge in [0.1, 0.15) is 6.04 Å². The van der Waals surface area contributed by atoms with Crippen LogP contribution >= 0.6 is 11.3 Å². The van der Waals surface area contributed by atoms with Gasteiger partial charge in [-0.25, -0.2) is 5.43 Å². The smallest absolute Gasteiger partial charge is 0.262 e. The van der Waals surface area contributed by atoms with Crippen LogP contribution in [0.2, 0.25) is 0 Å². The lowest BCUT2D eigenvalue weighted by atomic mass is 10.2. The SMILES string of the molecule is Cc1cccc(NC(C)C(=O)N/N=C/c2cccs2)c1. The molecule has 1 amide bonds. The number of carbonyl (C=O) groups is 1. The van der Waals surface area contributed by atoms with Crippen LogP contribution in [-0.4, -0.2) is 18.2 Å². The fraction of sp³-hybridized carbons (Fsp3) is 0.200. The summed E-state index contributed by atoms with van der Waals surface area (Å²) in [5, 5.41) is 9.05. The second-order valence-electron chi connectivity index (χ2n) is 4.49. The average molecular weight is 287 g/mol. The quantitative estimate of drug-likeness (QED) is 0.656. The minimum Gasteiger partial charge on any atom is -0.374 e. The van der Waals surface area contributed by atoms with Crippen LogP contribution in [0.5, 0.6) is 0 Å². The van der Waals surface area contributed by atoms with Gasteiger partial charge < -0.3 is 5.32 Å². The Kier molecular flexibility index (Phi) is 4.90. The largest absolute Gasteiger partial charge is 0.374 e. The summed E-state index contributed by atoms with van der Waals surface area (Å²) in [5.41, 5.74) is 4.61. The monoisotopic (exact) mass is 287 g/mol. The van der Waals surface area contributed by atoms with Crippen molar-refractivity contribution in [1.82, 2.24) is 5.43 Å². The number of anilines is 1. The highest BCUT2D eigenvalue weighted by Crippen LogP contribution is 2.10. The standard InChI is InChI=1S/C15H17N3OS/c1-11-5-3-6-13(9-11)17-12(2)15(19)18-16-10-14-7-4-8-20-14/h3-10,12,17H,1-2H3,(H,18,19)/b16-10+. The van der Waals surface area contributed by atoms with Gasteiger partial charge in [-0.3, -0.25) is 4.79 Å². The maximum absolute atomic E-state index is 11.9. The molecule has 1 aromatic heterocycles. The molecule has 2 N–H and O–H groups in total. The van der Waals surface area contributed by atoms with Gasteiger partial charge in [-0.05, 0) is 43.0 Å². The third-order valence-electron chi connectivity index (χ3n) is 2.70. The van der Waals surface area contributed by atoms with Gasteiger partial charge in [0.15, 0.2) is 0 Å². The number of benzene rings is 1. The van der Waals surface area contributed by atoms with Crippen LogP contribution in [0.1, 0.15) is 17.4 Å². The summed E-state index contributed by atoms with van der Waals surface area (Å²) in [6, 6.07) is 11.4. The van der Waals surface area contributed by atoms with Crippen LogP contribution in [-0.2, 0) is 4.79 Å². The maximum atomic E-state index is 11.9. The fourth-order valence-corrected chi connectivity index (χ4v) is 2.26. The number of rotatable bonds is 5. The van der Waals surface area contributed by atoms with Crippen LogP contribution in [0, 0.1) is 6.92 Å². The summed E-state index contributed by atoms with van der Waals surface area (Å²) in [5.74, 6) is -0.167. The molecular formula is C15H17N3OS. The highest BCUT2D eigenvalue weighted by atomic mass is 32.1. The van der Waals surface area contributed by atoms with Gasteiger partial charge in [-0.2, -0.15) is 5.10 Å². The number of carbonyl (C=O) groups excluding carboxylic acids is 1. The van der Waals surface area contributed by atoms with Crippen LogP contribution in [0.4, 0.5) is 5.69 Å². The molecule has 1 aromatic carbocycles. The lowest BCUT2D eigenvalue weighted by Crippen LogP contribution is -2.34. The highest BCUT2D eigenvalue weighted by Gasteiger charge is 2.11. The molecule has 1 atom stereocenters. The molecule has 2 aromatic rings. The number of hydrogen-bond acceptors (Lipinski definition) is 4. The van der Waals surface area contributed by atoms with Crippen molar-refractivity contribution < 1.29 is 4.79 Å². The van der Waals surface area contributed by atoms with E-state index in [-0.39, 0.29) is 11.9 Å². The van der Waals surface area contributed by atoms with Crippen LogP contribution in [0.15, 0.2) is 46.9 Å². The molecule has 104 valence electrons. The normalized spacial score (nSPS) is 12.3. The topological polar surface area (TPSA) is 53.5 Å². The molecule has 0 saturated heterocycles. The van der Waals surface area contributed by atoms with Crippen molar-refractivity contribution in [3.05, 3.63) is 52.2 Å². The Morgan fingerprint density at radius 3 is 2.90 bits per heavy atom. The van der Waals surface area contributed by atoms with Crippen molar-refractivity contribution in [3.8, 4) is 0 Å². The van der Waals surface area contributed by atoms with E-state index in [9.17, 15) is 4.79 Å². The zero-order valence-corrected chi connectivity index (χ0v) is 12.3. The minimum absolute atomic E-state index is 0.167. The van der Waals surface area contributed by atoms with E-state index in [1.165, 1.54) is 0 Å². The minimum atomic E-state index is -0.350. The van der Waals surface area contributed by atoms with Gasteiger partial charge in [0.25, 0.3) is 5.91 Å². The Morgan fingerprint density at radius 1 is 1.35 bits per heavy atom. The van der Waals surface area contributed by atoms with Gasteiger partial charge in [0.05, 0.1) is 6.21 Å². The number of aryl methyl sites for hydroxylation is 1. The lowest BCUT2D eigenvalue weighted by Gasteiger charge is -2.13. The molecule has 0 radical (unpaired) electrons. The number of thiophene rings is 1. The number of hydrogen-bond donors (Lipinski definition) is 2. The average Bonchev–Trinajstić information content (AvgIpc) is 2.91. The second kappa shape index (κ2) is 6.86. The summed E-state index contributed by atoms with van der Waals surface area (Å²) < 4.78 is 0. The maximum Gasteiger partial charge on any atom is 0.262 e. The molecule has 0 bridgehead atoms. The summed E-state index contributed by atoms with van der Waals surface area (Å²) in [7, 11) is 0.